The molecule has 1 aromatic carbocycles. The summed E-state index contributed by atoms with van der Waals surface area (Å²) in [6.45, 7) is 9.16. The highest BCUT2D eigenvalue weighted by Gasteiger charge is 2.19. The van der Waals surface area contributed by atoms with Crippen molar-refractivity contribution in [2.24, 2.45) is 0 Å². The zero-order valence-corrected chi connectivity index (χ0v) is 12.0. The van der Waals surface area contributed by atoms with Crippen molar-refractivity contribution in [3.05, 3.63) is 36.0 Å². The molecular formula is C16H22N3O+. The predicted octanol–water partition coefficient (Wildman–Crippen LogP) is 0.661. The molecule has 0 unspecified atom stereocenters. The van der Waals surface area contributed by atoms with Crippen molar-refractivity contribution < 1.29 is 10.0 Å². The zero-order chi connectivity index (χ0) is 13.9. The summed E-state index contributed by atoms with van der Waals surface area (Å²) in [5, 5.41) is 11.0. The van der Waals surface area contributed by atoms with Crippen LogP contribution in [0.2, 0.25) is 0 Å². The number of phenols is 1. The van der Waals surface area contributed by atoms with Crippen LogP contribution in [-0.4, -0.2) is 47.7 Å². The van der Waals surface area contributed by atoms with Crippen LogP contribution in [0.3, 0.4) is 0 Å². The van der Waals surface area contributed by atoms with Crippen molar-refractivity contribution in [1.29, 1.82) is 0 Å². The molecule has 0 spiro atoms. The Hall–Kier alpha value is -1.65. The van der Waals surface area contributed by atoms with Crippen LogP contribution < -0.4 is 4.90 Å². The Morgan fingerprint density at radius 1 is 1.25 bits per heavy atom. The van der Waals surface area contributed by atoms with E-state index in [1.165, 1.54) is 25.2 Å². The van der Waals surface area contributed by atoms with Crippen LogP contribution in [0.25, 0.3) is 10.9 Å². The molecule has 0 bridgehead atoms. The van der Waals surface area contributed by atoms with Gasteiger partial charge in [0.05, 0.1) is 19.6 Å². The fourth-order valence-electron chi connectivity index (χ4n) is 2.98. The van der Waals surface area contributed by atoms with E-state index in [2.05, 4.69) is 16.8 Å². The van der Waals surface area contributed by atoms with Gasteiger partial charge in [-0.1, -0.05) is 12.1 Å². The number of hydrogen-bond acceptors (Lipinski definition) is 3. The number of likely N-dealkylation sites (N-methyl/N-ethyl adjacent to an activating group) is 1. The first-order chi connectivity index (χ1) is 9.78. The van der Waals surface area contributed by atoms with E-state index in [1.807, 2.05) is 18.2 Å². The Morgan fingerprint density at radius 3 is 2.80 bits per heavy atom. The van der Waals surface area contributed by atoms with Gasteiger partial charge in [0.2, 0.25) is 0 Å². The topological polar surface area (TPSA) is 40.8 Å². The molecule has 4 heteroatoms. The van der Waals surface area contributed by atoms with Crippen LogP contribution in [0.4, 0.5) is 0 Å². The smallest absolute Gasteiger partial charge is 0.141 e. The summed E-state index contributed by atoms with van der Waals surface area (Å²) in [7, 11) is 0. The molecule has 20 heavy (non-hydrogen) atoms. The lowest BCUT2D eigenvalue weighted by Gasteiger charge is -2.31. The fourth-order valence-corrected chi connectivity index (χ4v) is 2.98. The Kier molecular flexibility index (Phi) is 3.85. The molecule has 0 saturated carbocycles. The SMILES string of the molecule is CC[NH+]1CCN(Cc2ccc(O)c3ncccc23)CC1. The third kappa shape index (κ3) is 2.62. The lowest BCUT2D eigenvalue weighted by molar-refractivity contribution is -0.902. The van der Waals surface area contributed by atoms with Crippen LogP contribution in [-0.2, 0) is 6.54 Å². The van der Waals surface area contributed by atoms with Crippen molar-refractivity contribution in [2.75, 3.05) is 32.7 Å². The summed E-state index contributed by atoms with van der Waals surface area (Å²) in [6, 6.07) is 7.77. The maximum atomic E-state index is 9.89. The molecule has 2 heterocycles. The van der Waals surface area contributed by atoms with Gasteiger partial charge in [0.25, 0.3) is 0 Å². The predicted molar refractivity (Wildman–Crippen MR) is 79.9 cm³/mol. The lowest BCUT2D eigenvalue weighted by Crippen LogP contribution is -3.14. The number of fused-ring (bicyclic) bond motifs is 1. The number of nitrogens with one attached hydrogen (secondary N) is 1. The summed E-state index contributed by atoms with van der Waals surface area (Å²) in [6.07, 6.45) is 1.73. The minimum Gasteiger partial charge on any atom is -0.506 e. The van der Waals surface area contributed by atoms with Gasteiger partial charge in [-0.3, -0.25) is 9.88 Å². The summed E-state index contributed by atoms with van der Waals surface area (Å²) in [5.41, 5.74) is 1.97. The highest BCUT2D eigenvalue weighted by Crippen LogP contribution is 2.26. The minimum absolute atomic E-state index is 0.268. The Morgan fingerprint density at radius 2 is 2.05 bits per heavy atom. The number of quaternary nitrogens is 1. The van der Waals surface area contributed by atoms with E-state index in [4.69, 9.17) is 0 Å². The summed E-state index contributed by atoms with van der Waals surface area (Å²) >= 11 is 0. The number of phenolic OH excluding ortho intramolecular Hbond substituents is 1. The number of rotatable bonds is 3. The first kappa shape index (κ1) is 13.3. The number of pyridine rings is 1. The largest absolute Gasteiger partial charge is 0.506 e. The zero-order valence-electron chi connectivity index (χ0n) is 12.0. The van der Waals surface area contributed by atoms with Crippen molar-refractivity contribution in [1.82, 2.24) is 9.88 Å². The van der Waals surface area contributed by atoms with E-state index in [0.29, 0.717) is 5.52 Å². The van der Waals surface area contributed by atoms with Crippen molar-refractivity contribution >= 4 is 10.9 Å². The third-order valence-corrected chi connectivity index (χ3v) is 4.30. The summed E-state index contributed by atoms with van der Waals surface area (Å²) < 4.78 is 0. The van der Waals surface area contributed by atoms with Gasteiger partial charge >= 0.3 is 0 Å². The molecule has 106 valence electrons. The first-order valence-corrected chi connectivity index (χ1v) is 7.39. The summed E-state index contributed by atoms with van der Waals surface area (Å²) in [5.74, 6) is 0.268. The second-order valence-electron chi connectivity index (χ2n) is 5.52. The highest BCUT2D eigenvalue weighted by molar-refractivity contribution is 5.87. The molecule has 1 aliphatic rings. The Labute approximate surface area is 119 Å². The van der Waals surface area contributed by atoms with Crippen molar-refractivity contribution in [2.45, 2.75) is 13.5 Å². The maximum absolute atomic E-state index is 9.89. The molecule has 4 nitrogen and oxygen atoms in total. The van der Waals surface area contributed by atoms with E-state index >= 15 is 0 Å². The molecule has 1 aromatic heterocycles. The van der Waals surface area contributed by atoms with E-state index in [9.17, 15) is 5.11 Å². The minimum atomic E-state index is 0.268. The van der Waals surface area contributed by atoms with Crippen LogP contribution in [0.15, 0.2) is 30.5 Å². The Balaban J connectivity index is 1.80. The molecule has 0 radical (unpaired) electrons. The molecule has 1 fully saturated rings. The van der Waals surface area contributed by atoms with Crippen LogP contribution >= 0.6 is 0 Å². The number of hydrogen-bond donors (Lipinski definition) is 2. The van der Waals surface area contributed by atoms with Crippen molar-refractivity contribution in [3.8, 4) is 5.75 Å². The molecule has 2 aromatic rings. The van der Waals surface area contributed by atoms with Gasteiger partial charge in [-0.15, -0.1) is 0 Å². The van der Waals surface area contributed by atoms with Gasteiger partial charge < -0.3 is 10.0 Å². The standard InChI is InChI=1S/C16H21N3O/c1-2-18-8-10-19(11-9-18)12-13-5-6-15(20)16-14(13)4-3-7-17-16/h3-7,20H,2,8-12H2,1H3/p+1. The van der Waals surface area contributed by atoms with Gasteiger partial charge in [0.1, 0.15) is 11.3 Å². The lowest BCUT2D eigenvalue weighted by atomic mass is 10.1. The van der Waals surface area contributed by atoms with Crippen LogP contribution in [0, 0.1) is 0 Å². The molecule has 0 aliphatic carbocycles. The molecule has 1 saturated heterocycles. The number of aromatic nitrogens is 1. The highest BCUT2D eigenvalue weighted by atomic mass is 16.3. The number of nitrogens with zero attached hydrogens (tertiary/aromatic N) is 2. The van der Waals surface area contributed by atoms with Crippen molar-refractivity contribution in [3.63, 3.8) is 0 Å². The second-order valence-corrected chi connectivity index (χ2v) is 5.52. The number of benzene rings is 1. The van der Waals surface area contributed by atoms with Gasteiger partial charge in [-0.2, -0.15) is 0 Å². The molecule has 0 amide bonds. The van der Waals surface area contributed by atoms with E-state index < -0.39 is 0 Å². The van der Waals surface area contributed by atoms with E-state index in [1.54, 1.807) is 17.2 Å². The van der Waals surface area contributed by atoms with E-state index in [0.717, 1.165) is 25.0 Å². The van der Waals surface area contributed by atoms with Gasteiger partial charge in [-0.25, -0.2) is 0 Å². The van der Waals surface area contributed by atoms with Gasteiger partial charge in [0, 0.05) is 31.2 Å². The normalized spacial score (nSPS) is 17.6. The molecule has 1 aliphatic heterocycles. The number of aromatic hydroxyl groups is 1. The molecule has 0 atom stereocenters. The fraction of sp³-hybridized carbons (Fsp3) is 0.438. The quantitative estimate of drug-likeness (QED) is 0.862. The number of piperazine rings is 1. The van der Waals surface area contributed by atoms with Gasteiger partial charge in [0.15, 0.2) is 0 Å². The first-order valence-electron chi connectivity index (χ1n) is 7.39. The monoisotopic (exact) mass is 272 g/mol. The van der Waals surface area contributed by atoms with Gasteiger partial charge in [-0.05, 0) is 24.6 Å². The second kappa shape index (κ2) is 5.77. The van der Waals surface area contributed by atoms with Crippen LogP contribution in [0.1, 0.15) is 12.5 Å². The maximum Gasteiger partial charge on any atom is 0.141 e. The Bertz CT molecular complexity index is 591. The average Bonchev–Trinajstić information content (AvgIpc) is 2.51. The molecular weight excluding hydrogens is 250 g/mol. The molecule has 2 N–H and O–H groups in total. The molecule has 3 rings (SSSR count). The average molecular weight is 272 g/mol. The van der Waals surface area contributed by atoms with E-state index in [-0.39, 0.29) is 5.75 Å². The third-order valence-electron chi connectivity index (χ3n) is 4.30. The summed E-state index contributed by atoms with van der Waals surface area (Å²) in [4.78, 5) is 8.48. The van der Waals surface area contributed by atoms with Crippen LogP contribution in [0.5, 0.6) is 5.75 Å².